The number of aromatic nitrogens is 4. The lowest BCUT2D eigenvalue weighted by atomic mass is 10.1. The number of nitrogens with one attached hydrogen (secondary N) is 2. The second-order valence-electron chi connectivity index (χ2n) is 8.96. The molecule has 0 aliphatic carbocycles. The second kappa shape index (κ2) is 11.8. The standard InChI is InChI=1S/C24H34FN7O4/c1-3-4-16(7-8-33)28-23-21-20(29-24(26)30-23)22(25)31-32(21)11-15-6-5-14(9-19(15)35-2)10-27-17-12-36-13-18(17)34/h5-6,9,16-18,27,33-34H,3-4,7-8,10-13H2,1-2H3,(H3,26,28,29,30)/t16-,17?,18+/m0/s1. The van der Waals surface area contributed by atoms with Crippen LogP contribution in [0.25, 0.3) is 11.0 Å². The molecule has 3 heterocycles. The zero-order valence-corrected chi connectivity index (χ0v) is 20.6. The third-order valence-corrected chi connectivity index (χ3v) is 6.31. The lowest BCUT2D eigenvalue weighted by Gasteiger charge is -2.19. The van der Waals surface area contributed by atoms with Gasteiger partial charge in [0.25, 0.3) is 5.95 Å². The van der Waals surface area contributed by atoms with Gasteiger partial charge >= 0.3 is 0 Å². The largest absolute Gasteiger partial charge is 0.496 e. The van der Waals surface area contributed by atoms with E-state index in [1.165, 1.54) is 4.68 Å². The molecule has 1 unspecified atom stereocenters. The molecule has 1 saturated heterocycles. The molecule has 3 aromatic rings. The number of methoxy groups -OCH3 is 1. The molecule has 3 atom stereocenters. The Balaban J connectivity index is 1.61. The summed E-state index contributed by atoms with van der Waals surface area (Å²) in [5.74, 6) is 0.193. The van der Waals surface area contributed by atoms with Gasteiger partial charge in [0.15, 0.2) is 11.3 Å². The number of halogens is 1. The monoisotopic (exact) mass is 503 g/mol. The quantitative estimate of drug-likeness (QED) is 0.245. The van der Waals surface area contributed by atoms with Gasteiger partial charge in [-0.25, -0.2) is 4.98 Å². The number of fused-ring (bicyclic) bond motifs is 1. The Labute approximate surface area is 208 Å². The van der Waals surface area contributed by atoms with Crippen LogP contribution in [-0.4, -0.2) is 75.1 Å². The Hall–Kier alpha value is -3.06. The molecule has 1 aliphatic heterocycles. The lowest BCUT2D eigenvalue weighted by Crippen LogP contribution is -2.38. The number of nitrogens with zero attached hydrogens (tertiary/aromatic N) is 4. The molecular formula is C24H34FN7O4. The molecule has 12 heteroatoms. The summed E-state index contributed by atoms with van der Waals surface area (Å²) < 4.78 is 27.2. The van der Waals surface area contributed by atoms with Gasteiger partial charge in [-0.15, -0.1) is 5.10 Å². The number of nitrogens with two attached hydrogens (primary N) is 1. The van der Waals surface area contributed by atoms with E-state index in [1.54, 1.807) is 7.11 Å². The van der Waals surface area contributed by atoms with Crippen molar-refractivity contribution in [1.29, 1.82) is 0 Å². The molecule has 2 aromatic heterocycles. The topological polar surface area (TPSA) is 153 Å². The smallest absolute Gasteiger partial charge is 0.259 e. The van der Waals surface area contributed by atoms with Crippen molar-refractivity contribution in [2.45, 2.75) is 57.5 Å². The van der Waals surface area contributed by atoms with Crippen molar-refractivity contribution in [3.05, 3.63) is 35.3 Å². The van der Waals surface area contributed by atoms with Crippen LogP contribution in [-0.2, 0) is 17.8 Å². The third kappa shape index (κ3) is 5.84. The molecule has 11 nitrogen and oxygen atoms in total. The van der Waals surface area contributed by atoms with E-state index < -0.39 is 12.1 Å². The normalized spacial score (nSPS) is 18.6. The van der Waals surface area contributed by atoms with Gasteiger partial charge in [-0.1, -0.05) is 25.5 Å². The van der Waals surface area contributed by atoms with Crippen molar-refractivity contribution in [1.82, 2.24) is 25.1 Å². The number of anilines is 2. The summed E-state index contributed by atoms with van der Waals surface area (Å²) in [5.41, 5.74) is 8.04. The summed E-state index contributed by atoms with van der Waals surface area (Å²) in [6, 6.07) is 5.57. The van der Waals surface area contributed by atoms with Crippen LogP contribution in [0.15, 0.2) is 18.2 Å². The zero-order chi connectivity index (χ0) is 25.7. The summed E-state index contributed by atoms with van der Waals surface area (Å²) in [6.45, 7) is 3.61. The van der Waals surface area contributed by atoms with Crippen molar-refractivity contribution < 1.29 is 24.1 Å². The maximum Gasteiger partial charge on any atom is 0.259 e. The highest BCUT2D eigenvalue weighted by Gasteiger charge is 2.25. The molecule has 1 fully saturated rings. The van der Waals surface area contributed by atoms with Crippen molar-refractivity contribution >= 4 is 22.8 Å². The van der Waals surface area contributed by atoms with Gasteiger partial charge in [-0.05, 0) is 24.5 Å². The van der Waals surface area contributed by atoms with Gasteiger partial charge in [0.1, 0.15) is 11.3 Å². The second-order valence-corrected chi connectivity index (χ2v) is 8.96. The first-order chi connectivity index (χ1) is 17.4. The minimum Gasteiger partial charge on any atom is -0.496 e. The van der Waals surface area contributed by atoms with Crippen molar-refractivity contribution in [2.75, 3.05) is 38.0 Å². The van der Waals surface area contributed by atoms with Crippen LogP contribution in [0.1, 0.15) is 37.3 Å². The number of hydrogen-bond acceptors (Lipinski definition) is 10. The number of nitrogen functional groups attached to an aromatic ring is 1. The van der Waals surface area contributed by atoms with Crippen molar-refractivity contribution in [3.63, 3.8) is 0 Å². The fourth-order valence-corrected chi connectivity index (χ4v) is 4.44. The maximum absolute atomic E-state index is 14.8. The molecular weight excluding hydrogens is 469 g/mol. The number of hydrogen-bond donors (Lipinski definition) is 5. The molecule has 0 radical (unpaired) electrons. The van der Waals surface area contributed by atoms with E-state index in [-0.39, 0.29) is 36.7 Å². The molecule has 0 amide bonds. The number of rotatable bonds is 12. The average Bonchev–Trinajstić information content (AvgIpc) is 3.40. The summed E-state index contributed by atoms with van der Waals surface area (Å²) in [7, 11) is 1.58. The van der Waals surface area contributed by atoms with Crippen molar-refractivity contribution in [2.24, 2.45) is 0 Å². The first-order valence-corrected chi connectivity index (χ1v) is 12.1. The van der Waals surface area contributed by atoms with Crippen LogP contribution in [0.4, 0.5) is 16.2 Å². The highest BCUT2D eigenvalue weighted by atomic mass is 19.1. The van der Waals surface area contributed by atoms with Gasteiger partial charge in [0.2, 0.25) is 5.95 Å². The SMILES string of the molecule is CCC[C@@H](CCO)Nc1nc(N)nc2c(F)nn(Cc3ccc(CNC4COC[C@H]4O)cc3OC)c12. The highest BCUT2D eigenvalue weighted by Crippen LogP contribution is 2.28. The van der Waals surface area contributed by atoms with Crippen LogP contribution in [0, 0.1) is 5.95 Å². The Kier molecular flexibility index (Phi) is 8.52. The molecule has 0 saturated carbocycles. The molecule has 0 bridgehead atoms. The summed E-state index contributed by atoms with van der Waals surface area (Å²) in [5, 5.41) is 30.0. The van der Waals surface area contributed by atoms with E-state index in [2.05, 4.69) is 32.6 Å². The summed E-state index contributed by atoms with van der Waals surface area (Å²) >= 11 is 0. The van der Waals surface area contributed by atoms with Gasteiger partial charge in [0, 0.05) is 24.8 Å². The van der Waals surface area contributed by atoms with Crippen molar-refractivity contribution in [3.8, 4) is 5.75 Å². The molecule has 196 valence electrons. The molecule has 6 N–H and O–H groups in total. The molecule has 36 heavy (non-hydrogen) atoms. The van der Waals surface area contributed by atoms with Gasteiger partial charge in [-0.2, -0.15) is 9.37 Å². The Bertz CT molecular complexity index is 1170. The van der Waals surface area contributed by atoms with E-state index >= 15 is 0 Å². The van der Waals surface area contributed by atoms with E-state index in [1.807, 2.05) is 18.2 Å². The molecule has 1 aromatic carbocycles. The predicted molar refractivity (Wildman–Crippen MR) is 133 cm³/mol. The maximum atomic E-state index is 14.8. The first kappa shape index (κ1) is 26.0. The third-order valence-electron chi connectivity index (χ3n) is 6.31. The molecule has 1 aliphatic rings. The fourth-order valence-electron chi connectivity index (χ4n) is 4.44. The fraction of sp³-hybridized carbons (Fsp3) is 0.542. The Morgan fingerprint density at radius 3 is 2.83 bits per heavy atom. The van der Waals surface area contributed by atoms with E-state index in [9.17, 15) is 14.6 Å². The van der Waals surface area contributed by atoms with Crippen LogP contribution in [0.5, 0.6) is 5.75 Å². The average molecular weight is 504 g/mol. The van der Waals surface area contributed by atoms with Crippen LogP contribution >= 0.6 is 0 Å². The molecule has 4 rings (SSSR count). The minimum absolute atomic E-state index is 0.0140. The highest BCUT2D eigenvalue weighted by molar-refractivity contribution is 5.87. The number of benzene rings is 1. The predicted octanol–water partition coefficient (Wildman–Crippen LogP) is 1.42. The zero-order valence-electron chi connectivity index (χ0n) is 20.6. The van der Waals surface area contributed by atoms with E-state index in [4.69, 9.17) is 15.2 Å². The molecule has 0 spiro atoms. The first-order valence-electron chi connectivity index (χ1n) is 12.1. The Morgan fingerprint density at radius 2 is 2.14 bits per heavy atom. The van der Waals surface area contributed by atoms with Crippen LogP contribution in [0.3, 0.4) is 0 Å². The van der Waals surface area contributed by atoms with Gasteiger partial charge < -0.3 is 36.1 Å². The van der Waals surface area contributed by atoms with E-state index in [0.717, 1.165) is 24.0 Å². The number of aliphatic hydroxyl groups is 2. The Morgan fingerprint density at radius 1 is 1.31 bits per heavy atom. The summed E-state index contributed by atoms with van der Waals surface area (Å²) in [4.78, 5) is 8.39. The minimum atomic E-state index is -0.742. The van der Waals surface area contributed by atoms with Gasteiger partial charge in [0.05, 0.1) is 39.0 Å². The summed E-state index contributed by atoms with van der Waals surface area (Å²) in [6.07, 6.45) is 1.70. The number of ether oxygens (including phenoxy) is 2. The van der Waals surface area contributed by atoms with Crippen LogP contribution < -0.4 is 21.1 Å². The number of aliphatic hydroxyl groups excluding tert-OH is 2. The van der Waals surface area contributed by atoms with E-state index in [0.29, 0.717) is 43.3 Å². The van der Waals surface area contributed by atoms with Crippen LogP contribution in [0.2, 0.25) is 0 Å². The van der Waals surface area contributed by atoms with Gasteiger partial charge in [-0.3, -0.25) is 4.68 Å². The lowest BCUT2D eigenvalue weighted by molar-refractivity contribution is 0.122.